The van der Waals surface area contributed by atoms with Crippen LogP contribution in [0.15, 0.2) is 23.0 Å². The first-order valence-corrected chi connectivity index (χ1v) is 8.44. The van der Waals surface area contributed by atoms with Gasteiger partial charge in [-0.05, 0) is 32.8 Å². The molecule has 2 fully saturated rings. The summed E-state index contributed by atoms with van der Waals surface area (Å²) in [6, 6.07) is 1.94. The van der Waals surface area contributed by atoms with Crippen LogP contribution in [0.2, 0.25) is 0 Å². The molecule has 23 heavy (non-hydrogen) atoms. The van der Waals surface area contributed by atoms with Crippen LogP contribution in [0.5, 0.6) is 0 Å². The summed E-state index contributed by atoms with van der Waals surface area (Å²) < 4.78 is 4.98. The molecule has 0 saturated carbocycles. The molecule has 0 aliphatic carbocycles. The van der Waals surface area contributed by atoms with E-state index in [2.05, 4.69) is 18.7 Å². The van der Waals surface area contributed by atoms with Crippen LogP contribution in [-0.4, -0.2) is 71.3 Å². The molecule has 126 valence electrons. The molecule has 3 rings (SSSR count). The Balaban J connectivity index is 1.58. The topological polar surface area (TPSA) is 57.0 Å². The van der Waals surface area contributed by atoms with Gasteiger partial charge in [0, 0.05) is 38.8 Å². The number of rotatable bonds is 3. The second-order valence-corrected chi connectivity index (χ2v) is 6.62. The Kier molecular flexibility index (Phi) is 4.71. The van der Waals surface area contributed by atoms with E-state index in [0.717, 1.165) is 32.5 Å². The molecule has 0 unspecified atom stereocenters. The summed E-state index contributed by atoms with van der Waals surface area (Å²) in [5.74, 6) is 0.262. The number of carbonyl (C=O) groups is 2. The maximum Gasteiger partial charge on any atom is 0.257 e. The molecule has 0 bridgehead atoms. The Labute approximate surface area is 137 Å². The van der Waals surface area contributed by atoms with Gasteiger partial charge < -0.3 is 14.2 Å². The number of likely N-dealkylation sites (tertiary alicyclic amines) is 1. The van der Waals surface area contributed by atoms with Crippen LogP contribution < -0.4 is 0 Å². The predicted molar refractivity (Wildman–Crippen MR) is 86.1 cm³/mol. The molecule has 0 N–H and O–H groups in total. The van der Waals surface area contributed by atoms with Crippen LogP contribution in [0.4, 0.5) is 0 Å². The molecule has 2 aliphatic heterocycles. The summed E-state index contributed by atoms with van der Waals surface area (Å²) in [4.78, 5) is 31.1. The highest BCUT2D eigenvalue weighted by atomic mass is 16.3. The molecule has 2 aliphatic rings. The van der Waals surface area contributed by atoms with Gasteiger partial charge in [0.1, 0.15) is 6.26 Å². The normalized spacial score (nSPS) is 23.6. The quantitative estimate of drug-likeness (QED) is 0.846. The standard InChI is InChI=1S/C17H25N3O3/c1-13(2)20-6-3-4-15(17(20)22)18-7-9-19(10-8-18)16(21)14-5-11-23-12-14/h5,11-13,15H,3-4,6-10H2,1-2H3/t15-/m0/s1. The van der Waals surface area contributed by atoms with E-state index in [0.29, 0.717) is 18.7 Å². The minimum atomic E-state index is -0.0164. The number of carbonyl (C=O) groups excluding carboxylic acids is 2. The van der Waals surface area contributed by atoms with Crippen molar-refractivity contribution in [1.82, 2.24) is 14.7 Å². The van der Waals surface area contributed by atoms with Crippen LogP contribution in [0.1, 0.15) is 37.0 Å². The van der Waals surface area contributed by atoms with Crippen LogP contribution in [0.25, 0.3) is 0 Å². The lowest BCUT2D eigenvalue weighted by Crippen LogP contribution is -2.59. The Morgan fingerprint density at radius 1 is 1.22 bits per heavy atom. The molecule has 1 aromatic rings. The summed E-state index contributed by atoms with van der Waals surface area (Å²) in [6.45, 7) is 7.85. The fourth-order valence-corrected chi connectivity index (χ4v) is 3.54. The van der Waals surface area contributed by atoms with E-state index >= 15 is 0 Å². The molecule has 1 atom stereocenters. The molecular formula is C17H25N3O3. The Morgan fingerprint density at radius 2 is 1.96 bits per heavy atom. The van der Waals surface area contributed by atoms with Gasteiger partial charge in [0.2, 0.25) is 5.91 Å². The fraction of sp³-hybridized carbons (Fsp3) is 0.647. The summed E-state index contributed by atoms with van der Waals surface area (Å²) in [7, 11) is 0. The van der Waals surface area contributed by atoms with Crippen molar-refractivity contribution in [3.8, 4) is 0 Å². The highest BCUT2D eigenvalue weighted by Gasteiger charge is 2.36. The van der Waals surface area contributed by atoms with E-state index in [1.165, 1.54) is 12.5 Å². The smallest absolute Gasteiger partial charge is 0.257 e. The van der Waals surface area contributed by atoms with Crippen molar-refractivity contribution in [1.29, 1.82) is 0 Å². The molecule has 0 spiro atoms. The predicted octanol–water partition coefficient (Wildman–Crippen LogP) is 1.44. The molecule has 1 aromatic heterocycles. The summed E-state index contributed by atoms with van der Waals surface area (Å²) in [6.07, 6.45) is 4.99. The number of piperazine rings is 1. The van der Waals surface area contributed by atoms with Gasteiger partial charge in [-0.25, -0.2) is 0 Å². The van der Waals surface area contributed by atoms with Crippen LogP contribution in [0.3, 0.4) is 0 Å². The third-order valence-electron chi connectivity index (χ3n) is 4.88. The van der Waals surface area contributed by atoms with Crippen molar-refractivity contribution >= 4 is 11.8 Å². The summed E-state index contributed by atoms with van der Waals surface area (Å²) in [5, 5.41) is 0. The number of nitrogens with zero attached hydrogens (tertiary/aromatic N) is 3. The average molecular weight is 319 g/mol. The van der Waals surface area contributed by atoms with Gasteiger partial charge in [0.05, 0.1) is 17.9 Å². The first-order chi connectivity index (χ1) is 11.1. The Hall–Kier alpha value is -1.82. The van der Waals surface area contributed by atoms with E-state index in [1.807, 2.05) is 9.80 Å². The minimum absolute atomic E-state index is 0.0113. The Bertz CT molecular complexity index is 547. The Morgan fingerprint density at radius 3 is 2.57 bits per heavy atom. The van der Waals surface area contributed by atoms with Gasteiger partial charge in [-0.1, -0.05) is 0 Å². The largest absolute Gasteiger partial charge is 0.472 e. The van der Waals surface area contributed by atoms with Crippen LogP contribution in [-0.2, 0) is 4.79 Å². The van der Waals surface area contributed by atoms with Crippen LogP contribution >= 0.6 is 0 Å². The van der Waals surface area contributed by atoms with Gasteiger partial charge in [-0.2, -0.15) is 0 Å². The lowest BCUT2D eigenvalue weighted by Gasteiger charge is -2.43. The zero-order valence-corrected chi connectivity index (χ0v) is 13.9. The van der Waals surface area contributed by atoms with E-state index in [1.54, 1.807) is 6.07 Å². The number of hydrogen-bond donors (Lipinski definition) is 0. The maximum absolute atomic E-state index is 12.7. The van der Waals surface area contributed by atoms with E-state index in [-0.39, 0.29) is 23.9 Å². The third kappa shape index (κ3) is 3.27. The molecule has 6 nitrogen and oxygen atoms in total. The highest BCUT2D eigenvalue weighted by molar-refractivity contribution is 5.93. The molecule has 2 amide bonds. The van der Waals surface area contributed by atoms with Crippen molar-refractivity contribution < 1.29 is 14.0 Å². The zero-order valence-electron chi connectivity index (χ0n) is 13.9. The summed E-state index contributed by atoms with van der Waals surface area (Å²) >= 11 is 0. The van der Waals surface area contributed by atoms with Gasteiger partial charge in [0.15, 0.2) is 0 Å². The third-order valence-corrected chi connectivity index (χ3v) is 4.88. The average Bonchev–Trinajstić information content (AvgIpc) is 3.09. The van der Waals surface area contributed by atoms with Crippen LogP contribution in [0, 0.1) is 0 Å². The molecule has 2 saturated heterocycles. The second kappa shape index (κ2) is 6.74. The zero-order chi connectivity index (χ0) is 16.4. The summed E-state index contributed by atoms with van der Waals surface area (Å²) in [5.41, 5.74) is 0.596. The number of piperidine rings is 1. The highest BCUT2D eigenvalue weighted by Crippen LogP contribution is 2.21. The molecular weight excluding hydrogens is 294 g/mol. The van der Waals surface area contributed by atoms with Gasteiger partial charge >= 0.3 is 0 Å². The van der Waals surface area contributed by atoms with Gasteiger partial charge in [-0.15, -0.1) is 0 Å². The van der Waals surface area contributed by atoms with Crippen molar-refractivity contribution in [2.45, 2.75) is 38.8 Å². The first kappa shape index (κ1) is 16.1. The maximum atomic E-state index is 12.7. The lowest BCUT2D eigenvalue weighted by molar-refractivity contribution is -0.142. The monoisotopic (exact) mass is 319 g/mol. The van der Waals surface area contributed by atoms with E-state index < -0.39 is 0 Å². The van der Waals surface area contributed by atoms with Crippen molar-refractivity contribution in [3.63, 3.8) is 0 Å². The van der Waals surface area contributed by atoms with Gasteiger partial charge in [0.25, 0.3) is 5.91 Å². The molecule has 6 heteroatoms. The molecule has 3 heterocycles. The van der Waals surface area contributed by atoms with Gasteiger partial charge in [-0.3, -0.25) is 14.5 Å². The SMILES string of the molecule is CC(C)N1CCC[C@H](N2CCN(C(=O)c3ccoc3)CC2)C1=O. The number of amides is 2. The molecule has 0 aromatic carbocycles. The van der Waals surface area contributed by atoms with Crippen molar-refractivity contribution in [3.05, 3.63) is 24.2 Å². The van der Waals surface area contributed by atoms with E-state index in [9.17, 15) is 9.59 Å². The van der Waals surface area contributed by atoms with Crippen molar-refractivity contribution in [2.75, 3.05) is 32.7 Å². The minimum Gasteiger partial charge on any atom is -0.472 e. The fourth-order valence-electron chi connectivity index (χ4n) is 3.54. The number of hydrogen-bond acceptors (Lipinski definition) is 4. The first-order valence-electron chi connectivity index (χ1n) is 8.44. The second-order valence-electron chi connectivity index (χ2n) is 6.62. The lowest BCUT2D eigenvalue weighted by atomic mass is 10.0. The van der Waals surface area contributed by atoms with E-state index in [4.69, 9.17) is 4.42 Å². The van der Waals surface area contributed by atoms with Crippen molar-refractivity contribution in [2.24, 2.45) is 0 Å². The molecule has 0 radical (unpaired) electrons. The number of furan rings is 1.